The third kappa shape index (κ3) is 3.66. The van der Waals surface area contributed by atoms with Crippen molar-refractivity contribution in [2.24, 2.45) is 5.92 Å². The van der Waals surface area contributed by atoms with Gasteiger partial charge in [0.15, 0.2) is 0 Å². The van der Waals surface area contributed by atoms with Crippen LogP contribution in [0.1, 0.15) is 28.9 Å². The van der Waals surface area contributed by atoms with Gasteiger partial charge in [0.05, 0.1) is 16.6 Å². The van der Waals surface area contributed by atoms with Crippen molar-refractivity contribution in [3.8, 4) is 5.95 Å². The number of amides is 1. The number of rotatable bonds is 6. The SMILES string of the molecule is O=C(NCc1ccc(Cl)cc1)c1cc2c(c3ccccc3n2CC2CC2)n1-c1ncccn1. The molecule has 1 saturated carbocycles. The van der Waals surface area contributed by atoms with Gasteiger partial charge in [0, 0.05) is 35.9 Å². The van der Waals surface area contributed by atoms with Crippen molar-refractivity contribution in [1.29, 1.82) is 0 Å². The molecular formula is C26H22ClN5O. The van der Waals surface area contributed by atoms with Gasteiger partial charge in [-0.05, 0) is 54.7 Å². The molecule has 33 heavy (non-hydrogen) atoms. The molecule has 6 nitrogen and oxygen atoms in total. The van der Waals surface area contributed by atoms with E-state index in [1.807, 2.05) is 41.0 Å². The zero-order valence-electron chi connectivity index (χ0n) is 17.9. The molecule has 1 aliphatic carbocycles. The Kier molecular flexibility index (Phi) is 4.88. The number of para-hydroxylation sites is 1. The molecule has 0 atom stereocenters. The van der Waals surface area contributed by atoms with Crippen LogP contribution in [0.5, 0.6) is 0 Å². The zero-order chi connectivity index (χ0) is 22.4. The van der Waals surface area contributed by atoms with Gasteiger partial charge in [-0.15, -0.1) is 0 Å². The highest BCUT2D eigenvalue weighted by atomic mass is 35.5. The minimum atomic E-state index is -0.171. The Morgan fingerprint density at radius 3 is 2.52 bits per heavy atom. The number of carbonyl (C=O) groups is 1. The lowest BCUT2D eigenvalue weighted by molar-refractivity contribution is 0.0944. The summed E-state index contributed by atoms with van der Waals surface area (Å²) in [6.07, 6.45) is 5.91. The summed E-state index contributed by atoms with van der Waals surface area (Å²) < 4.78 is 4.23. The maximum atomic E-state index is 13.4. The molecule has 164 valence electrons. The van der Waals surface area contributed by atoms with Crippen LogP contribution in [0.25, 0.3) is 27.9 Å². The summed E-state index contributed by atoms with van der Waals surface area (Å²) >= 11 is 5.99. The van der Waals surface area contributed by atoms with Gasteiger partial charge in [-0.25, -0.2) is 9.97 Å². The van der Waals surface area contributed by atoms with Gasteiger partial charge in [0.2, 0.25) is 5.95 Å². The molecule has 1 N–H and O–H groups in total. The third-order valence-corrected chi connectivity index (χ3v) is 6.46. The number of nitrogens with one attached hydrogen (secondary N) is 1. The Balaban J connectivity index is 1.49. The van der Waals surface area contributed by atoms with Crippen LogP contribution in [0.2, 0.25) is 5.02 Å². The van der Waals surface area contributed by atoms with Crippen molar-refractivity contribution in [2.45, 2.75) is 25.9 Å². The van der Waals surface area contributed by atoms with Crippen LogP contribution in [0.3, 0.4) is 0 Å². The largest absolute Gasteiger partial charge is 0.347 e. The normalized spacial score (nSPS) is 13.6. The van der Waals surface area contributed by atoms with Crippen LogP contribution >= 0.6 is 11.6 Å². The number of aromatic nitrogens is 4. The summed E-state index contributed by atoms with van der Waals surface area (Å²) in [5, 5.41) is 4.82. The summed E-state index contributed by atoms with van der Waals surface area (Å²) in [5.74, 6) is 1.01. The van der Waals surface area contributed by atoms with E-state index < -0.39 is 0 Å². The topological polar surface area (TPSA) is 64.7 Å². The number of carbonyl (C=O) groups excluding carboxylic acids is 1. The van der Waals surface area contributed by atoms with E-state index in [9.17, 15) is 4.79 Å². The molecular weight excluding hydrogens is 434 g/mol. The minimum Gasteiger partial charge on any atom is -0.347 e. The highest BCUT2D eigenvalue weighted by molar-refractivity contribution is 6.30. The molecule has 2 aromatic carbocycles. The van der Waals surface area contributed by atoms with Crippen molar-refractivity contribution in [3.63, 3.8) is 0 Å². The predicted octanol–water partition coefficient (Wildman–Crippen LogP) is 5.37. The first-order valence-electron chi connectivity index (χ1n) is 11.1. The summed E-state index contributed by atoms with van der Waals surface area (Å²) in [6.45, 7) is 1.36. The van der Waals surface area contributed by atoms with Crippen molar-refractivity contribution in [2.75, 3.05) is 0 Å². The second-order valence-corrected chi connectivity index (χ2v) is 8.96. The predicted molar refractivity (Wildman–Crippen MR) is 130 cm³/mol. The molecule has 0 bridgehead atoms. The first kappa shape index (κ1) is 20.0. The van der Waals surface area contributed by atoms with Gasteiger partial charge < -0.3 is 9.88 Å². The van der Waals surface area contributed by atoms with Gasteiger partial charge in [0.25, 0.3) is 5.91 Å². The van der Waals surface area contributed by atoms with Gasteiger partial charge in [-0.3, -0.25) is 9.36 Å². The molecule has 0 spiro atoms. The van der Waals surface area contributed by atoms with E-state index in [0.717, 1.165) is 28.5 Å². The molecule has 7 heteroatoms. The van der Waals surface area contributed by atoms with Crippen LogP contribution in [-0.4, -0.2) is 25.0 Å². The molecule has 3 heterocycles. The highest BCUT2D eigenvalue weighted by Crippen LogP contribution is 2.37. The quantitative estimate of drug-likeness (QED) is 0.374. The maximum Gasteiger partial charge on any atom is 0.268 e. The fraction of sp³-hybridized carbons (Fsp3) is 0.192. The molecule has 6 rings (SSSR count). The Hall–Kier alpha value is -3.64. The minimum absolute atomic E-state index is 0.171. The molecule has 3 aromatic heterocycles. The molecule has 1 aliphatic rings. The van der Waals surface area contributed by atoms with Crippen LogP contribution in [-0.2, 0) is 13.1 Å². The fourth-order valence-electron chi connectivity index (χ4n) is 4.41. The van der Waals surface area contributed by atoms with E-state index in [1.165, 1.54) is 18.4 Å². The van der Waals surface area contributed by atoms with Crippen LogP contribution in [0.15, 0.2) is 73.1 Å². The van der Waals surface area contributed by atoms with E-state index in [0.29, 0.717) is 29.1 Å². The second kappa shape index (κ2) is 8.05. The summed E-state index contributed by atoms with van der Waals surface area (Å²) in [4.78, 5) is 22.4. The van der Waals surface area contributed by atoms with E-state index in [-0.39, 0.29) is 5.91 Å². The average molecular weight is 456 g/mol. The molecule has 0 radical (unpaired) electrons. The number of hydrogen-bond acceptors (Lipinski definition) is 3. The lowest BCUT2D eigenvalue weighted by atomic mass is 10.2. The number of benzene rings is 2. The third-order valence-electron chi connectivity index (χ3n) is 6.21. The lowest BCUT2D eigenvalue weighted by Crippen LogP contribution is -2.25. The monoisotopic (exact) mass is 455 g/mol. The van der Waals surface area contributed by atoms with E-state index in [1.54, 1.807) is 18.5 Å². The fourth-order valence-corrected chi connectivity index (χ4v) is 4.54. The first-order chi connectivity index (χ1) is 16.2. The van der Waals surface area contributed by atoms with Crippen molar-refractivity contribution in [3.05, 3.63) is 89.3 Å². The molecule has 0 aliphatic heterocycles. The van der Waals surface area contributed by atoms with Gasteiger partial charge in [-0.2, -0.15) is 0 Å². The van der Waals surface area contributed by atoms with Gasteiger partial charge in [0.1, 0.15) is 5.69 Å². The smallest absolute Gasteiger partial charge is 0.268 e. The van der Waals surface area contributed by atoms with Crippen molar-refractivity contribution in [1.82, 2.24) is 24.4 Å². The lowest BCUT2D eigenvalue weighted by Gasteiger charge is -2.10. The highest BCUT2D eigenvalue weighted by Gasteiger charge is 2.27. The molecule has 0 unspecified atom stereocenters. The van der Waals surface area contributed by atoms with Crippen LogP contribution < -0.4 is 5.32 Å². The number of hydrogen-bond donors (Lipinski definition) is 1. The second-order valence-electron chi connectivity index (χ2n) is 8.53. The Labute approximate surface area is 195 Å². The Morgan fingerprint density at radius 2 is 1.76 bits per heavy atom. The standard InChI is InChI=1S/C26H22ClN5O/c27-19-10-8-17(9-11-19)15-30-25(33)23-14-22-24(32(23)26-28-12-3-13-29-26)20-4-1-2-5-21(20)31(22)16-18-6-7-18/h1-5,8-14,18H,6-7,15-16H2,(H,30,33). The summed E-state index contributed by atoms with van der Waals surface area (Å²) in [5.41, 5.74) is 4.68. The molecule has 5 aromatic rings. The number of halogens is 1. The van der Waals surface area contributed by atoms with Gasteiger partial charge in [-0.1, -0.05) is 41.9 Å². The molecule has 0 saturated heterocycles. The van der Waals surface area contributed by atoms with Crippen molar-refractivity contribution >= 4 is 39.4 Å². The average Bonchev–Trinajstić information content (AvgIpc) is 3.51. The first-order valence-corrected chi connectivity index (χ1v) is 11.5. The van der Waals surface area contributed by atoms with Crippen LogP contribution in [0, 0.1) is 5.92 Å². The Bertz CT molecular complexity index is 1470. The van der Waals surface area contributed by atoms with Crippen LogP contribution in [0.4, 0.5) is 0 Å². The molecule has 1 fully saturated rings. The van der Waals surface area contributed by atoms with E-state index in [4.69, 9.17) is 11.6 Å². The van der Waals surface area contributed by atoms with E-state index >= 15 is 0 Å². The molecule has 1 amide bonds. The Morgan fingerprint density at radius 1 is 1.00 bits per heavy atom. The maximum absolute atomic E-state index is 13.4. The van der Waals surface area contributed by atoms with Gasteiger partial charge >= 0.3 is 0 Å². The van der Waals surface area contributed by atoms with Crippen molar-refractivity contribution < 1.29 is 4.79 Å². The zero-order valence-corrected chi connectivity index (χ0v) is 18.7. The summed E-state index contributed by atoms with van der Waals surface area (Å²) in [7, 11) is 0. The summed E-state index contributed by atoms with van der Waals surface area (Å²) in [6, 6.07) is 19.6. The van der Waals surface area contributed by atoms with E-state index in [2.05, 4.69) is 38.1 Å². The number of fused-ring (bicyclic) bond motifs is 3. The number of nitrogens with zero attached hydrogens (tertiary/aromatic N) is 4.